The van der Waals surface area contributed by atoms with E-state index in [9.17, 15) is 4.79 Å². The van der Waals surface area contributed by atoms with E-state index in [0.717, 1.165) is 19.3 Å². The van der Waals surface area contributed by atoms with Gasteiger partial charge in [-0.15, -0.1) is 0 Å². The van der Waals surface area contributed by atoms with Crippen LogP contribution in [0.3, 0.4) is 0 Å². The number of alkyl halides is 1. The van der Waals surface area contributed by atoms with Gasteiger partial charge in [0, 0.05) is 17.4 Å². The summed E-state index contributed by atoms with van der Waals surface area (Å²) in [5, 5.41) is 0. The minimum atomic E-state index is -0.324. The lowest BCUT2D eigenvalue weighted by molar-refractivity contribution is -0.119. The van der Waals surface area contributed by atoms with Crippen LogP contribution in [0.15, 0.2) is 11.5 Å². The fourth-order valence-electron chi connectivity index (χ4n) is 3.12. The van der Waals surface area contributed by atoms with Crippen LogP contribution in [0.4, 0.5) is 0 Å². The van der Waals surface area contributed by atoms with Crippen LogP contribution in [0.2, 0.25) is 0 Å². The van der Waals surface area contributed by atoms with Crippen molar-refractivity contribution in [2.24, 2.45) is 11.3 Å². The van der Waals surface area contributed by atoms with Crippen LogP contribution in [-0.4, -0.2) is 23.3 Å². The first-order chi connectivity index (χ1) is 8.41. The van der Waals surface area contributed by atoms with Crippen molar-refractivity contribution in [1.29, 1.82) is 0 Å². The highest BCUT2D eigenvalue weighted by molar-refractivity contribution is 9.10. The average molecular weight is 315 g/mol. The molecule has 0 amide bonds. The first kappa shape index (κ1) is 12.5. The Labute approximate surface area is 116 Å². The third-order valence-electron chi connectivity index (χ3n) is 4.27. The second-order valence-electron chi connectivity index (χ2n) is 6.53. The summed E-state index contributed by atoms with van der Waals surface area (Å²) < 4.78 is 11.2. The molecule has 1 heterocycles. The Morgan fingerprint density at radius 2 is 1.94 bits per heavy atom. The van der Waals surface area contributed by atoms with Crippen LogP contribution in [0.5, 0.6) is 0 Å². The molecule has 3 rings (SSSR count). The molecule has 2 saturated carbocycles. The van der Waals surface area contributed by atoms with E-state index in [2.05, 4.69) is 29.8 Å². The smallest absolute Gasteiger partial charge is 0.278 e. The van der Waals surface area contributed by atoms with Gasteiger partial charge in [0.1, 0.15) is 5.78 Å². The number of ether oxygens (including phenoxy) is 2. The molecule has 0 aromatic carbocycles. The molecular weight excluding hydrogens is 296 g/mol. The number of carbonyl (C=O) groups excluding carboxylic acids is 1. The number of hydrogen-bond acceptors (Lipinski definition) is 3. The number of hydrogen-bond donors (Lipinski definition) is 0. The SMILES string of the molecule is CC1(C)COC(=C2C[C@@H]3CCC(=O)[C@]3(Br)C2)OC1. The van der Waals surface area contributed by atoms with Gasteiger partial charge in [0.25, 0.3) is 5.95 Å². The van der Waals surface area contributed by atoms with Gasteiger partial charge in [-0.25, -0.2) is 0 Å². The number of carbonyl (C=O) groups is 1. The number of ketones is 1. The van der Waals surface area contributed by atoms with Crippen LogP contribution >= 0.6 is 15.9 Å². The molecular formula is C14H19BrO3. The molecule has 3 fully saturated rings. The lowest BCUT2D eigenvalue weighted by Crippen LogP contribution is -2.31. The van der Waals surface area contributed by atoms with E-state index in [1.54, 1.807) is 0 Å². The van der Waals surface area contributed by atoms with E-state index in [0.29, 0.717) is 37.3 Å². The molecule has 18 heavy (non-hydrogen) atoms. The molecule has 1 aliphatic heterocycles. The van der Waals surface area contributed by atoms with Gasteiger partial charge in [-0.2, -0.15) is 0 Å². The molecule has 0 N–H and O–H groups in total. The molecule has 0 radical (unpaired) electrons. The molecule has 0 spiro atoms. The van der Waals surface area contributed by atoms with E-state index >= 15 is 0 Å². The second kappa shape index (κ2) is 3.99. The highest BCUT2D eigenvalue weighted by atomic mass is 79.9. The van der Waals surface area contributed by atoms with Crippen LogP contribution in [-0.2, 0) is 14.3 Å². The van der Waals surface area contributed by atoms with E-state index in [-0.39, 0.29) is 9.74 Å². The maximum Gasteiger partial charge on any atom is 0.278 e. The summed E-state index contributed by atoms with van der Waals surface area (Å²) in [5.41, 5.74) is 1.26. The first-order valence-electron chi connectivity index (χ1n) is 6.61. The third kappa shape index (κ3) is 1.89. The first-order valence-corrected chi connectivity index (χ1v) is 7.40. The fraction of sp³-hybridized carbons (Fsp3) is 0.786. The van der Waals surface area contributed by atoms with Crippen molar-refractivity contribution in [2.75, 3.05) is 13.2 Å². The van der Waals surface area contributed by atoms with Crippen molar-refractivity contribution >= 4 is 21.7 Å². The Balaban J connectivity index is 1.79. The molecule has 4 heteroatoms. The fourth-order valence-corrected chi connectivity index (χ4v) is 4.05. The topological polar surface area (TPSA) is 35.5 Å². The zero-order valence-electron chi connectivity index (χ0n) is 10.9. The van der Waals surface area contributed by atoms with Crippen molar-refractivity contribution in [3.63, 3.8) is 0 Å². The summed E-state index contributed by atoms with van der Waals surface area (Å²) in [6.07, 6.45) is 3.40. The molecule has 0 unspecified atom stereocenters. The van der Waals surface area contributed by atoms with Crippen molar-refractivity contribution in [3.05, 3.63) is 11.5 Å². The van der Waals surface area contributed by atoms with Gasteiger partial charge < -0.3 is 9.47 Å². The molecule has 1 saturated heterocycles. The van der Waals surface area contributed by atoms with Crippen molar-refractivity contribution in [2.45, 2.75) is 43.9 Å². The second-order valence-corrected chi connectivity index (χ2v) is 7.95. The summed E-state index contributed by atoms with van der Waals surface area (Å²) in [7, 11) is 0. The molecule has 0 aromatic heterocycles. The zero-order chi connectivity index (χ0) is 13.0. The Hall–Kier alpha value is -0.510. The molecule has 3 aliphatic rings. The highest BCUT2D eigenvalue weighted by Crippen LogP contribution is 2.54. The van der Waals surface area contributed by atoms with Gasteiger partial charge in [-0.1, -0.05) is 29.8 Å². The van der Waals surface area contributed by atoms with Gasteiger partial charge in [0.15, 0.2) is 0 Å². The summed E-state index contributed by atoms with van der Waals surface area (Å²) in [5.74, 6) is 1.46. The number of rotatable bonds is 0. The standard InChI is InChI=1S/C14H19BrO3/c1-13(2)7-17-12(18-8-13)9-5-10-3-4-11(16)14(10,15)6-9/h10H,3-8H2,1-2H3/t10-,14-/m0/s1. The normalized spacial score (nSPS) is 38.4. The van der Waals surface area contributed by atoms with Crippen LogP contribution in [0.1, 0.15) is 39.5 Å². The summed E-state index contributed by atoms with van der Waals surface area (Å²) >= 11 is 3.67. The molecule has 2 atom stereocenters. The Morgan fingerprint density at radius 1 is 1.28 bits per heavy atom. The van der Waals surface area contributed by atoms with Crippen molar-refractivity contribution in [1.82, 2.24) is 0 Å². The maximum absolute atomic E-state index is 12.0. The summed E-state index contributed by atoms with van der Waals surface area (Å²) in [4.78, 5) is 12.0. The van der Waals surface area contributed by atoms with Gasteiger partial charge >= 0.3 is 0 Å². The van der Waals surface area contributed by atoms with Crippen molar-refractivity contribution in [3.8, 4) is 0 Å². The van der Waals surface area contributed by atoms with Gasteiger partial charge in [-0.3, -0.25) is 4.79 Å². The predicted molar refractivity (Wildman–Crippen MR) is 71.3 cm³/mol. The highest BCUT2D eigenvalue weighted by Gasteiger charge is 2.53. The largest absolute Gasteiger partial charge is 0.465 e. The number of Topliss-reactive ketones (excluding diaryl/α,β-unsaturated/α-hetero) is 1. The third-order valence-corrected chi connectivity index (χ3v) is 5.64. The van der Waals surface area contributed by atoms with Crippen LogP contribution in [0.25, 0.3) is 0 Å². The average Bonchev–Trinajstić information content (AvgIpc) is 2.76. The monoisotopic (exact) mass is 314 g/mol. The molecule has 0 aromatic rings. The van der Waals surface area contributed by atoms with E-state index in [1.165, 1.54) is 5.57 Å². The summed E-state index contributed by atoms with van der Waals surface area (Å²) in [6.45, 7) is 5.65. The zero-order valence-corrected chi connectivity index (χ0v) is 12.5. The number of allylic oxidation sites excluding steroid dienone is 1. The Bertz CT molecular complexity index is 415. The van der Waals surface area contributed by atoms with Crippen LogP contribution < -0.4 is 0 Å². The van der Waals surface area contributed by atoms with Gasteiger partial charge in [-0.05, 0) is 25.2 Å². The van der Waals surface area contributed by atoms with Gasteiger partial charge in [0.2, 0.25) is 0 Å². The van der Waals surface area contributed by atoms with E-state index in [1.807, 2.05) is 0 Å². The minimum absolute atomic E-state index is 0.0838. The number of halogens is 1. The lowest BCUT2D eigenvalue weighted by Gasteiger charge is -2.32. The molecule has 3 nitrogen and oxygen atoms in total. The Morgan fingerprint density at radius 3 is 2.56 bits per heavy atom. The van der Waals surface area contributed by atoms with E-state index in [4.69, 9.17) is 9.47 Å². The molecule has 2 aliphatic carbocycles. The minimum Gasteiger partial charge on any atom is -0.465 e. The van der Waals surface area contributed by atoms with Crippen LogP contribution in [0, 0.1) is 11.3 Å². The predicted octanol–water partition coefficient (Wildman–Crippen LogP) is 3.18. The Kier molecular flexibility index (Phi) is 2.78. The molecule has 100 valence electrons. The lowest BCUT2D eigenvalue weighted by atomic mass is 9.95. The summed E-state index contributed by atoms with van der Waals surface area (Å²) in [6, 6.07) is 0. The number of fused-ring (bicyclic) bond motifs is 1. The quantitative estimate of drug-likeness (QED) is 0.644. The van der Waals surface area contributed by atoms with Crippen molar-refractivity contribution < 1.29 is 14.3 Å². The molecule has 0 bridgehead atoms. The van der Waals surface area contributed by atoms with E-state index < -0.39 is 0 Å². The van der Waals surface area contributed by atoms with Gasteiger partial charge in [0.05, 0.1) is 17.5 Å². The maximum atomic E-state index is 12.0.